The number of aliphatic imine (C=N–C) groups is 1. The number of nitrogens with zero attached hydrogens (tertiary/aromatic N) is 4. The minimum atomic E-state index is 0. The second kappa shape index (κ2) is 8.56. The van der Waals surface area contributed by atoms with Crippen LogP contribution >= 0.6 is 24.0 Å². The monoisotopic (exact) mass is 455 g/mol. The standard InChI is InChI=1S/C19H29N5.HI/c1-20-19(22-14-17(15-5-6-15)16-7-8-16)24-12-10-23(11-13-24)18-4-2-3-9-21-18;/h2-4,9,15-17H,5-8,10-14H2,1H3,(H,20,22);1H. The first-order chi connectivity index (χ1) is 11.8. The summed E-state index contributed by atoms with van der Waals surface area (Å²) in [5.74, 6) is 5.04. The molecule has 0 unspecified atom stereocenters. The normalized spacial score (nSPS) is 21.3. The number of halogens is 1. The molecule has 0 radical (unpaired) electrons. The van der Waals surface area contributed by atoms with Crippen molar-refractivity contribution in [2.75, 3.05) is 44.7 Å². The maximum absolute atomic E-state index is 4.54. The van der Waals surface area contributed by atoms with Gasteiger partial charge in [-0.05, 0) is 55.6 Å². The summed E-state index contributed by atoms with van der Waals surface area (Å²) in [6.45, 7) is 5.14. The highest BCUT2D eigenvalue weighted by atomic mass is 127. The first-order valence-electron chi connectivity index (χ1n) is 9.46. The third-order valence-electron chi connectivity index (χ3n) is 5.72. The number of hydrogen-bond donors (Lipinski definition) is 1. The molecule has 0 spiro atoms. The number of nitrogens with one attached hydrogen (secondary N) is 1. The molecule has 1 N–H and O–H groups in total. The lowest BCUT2D eigenvalue weighted by atomic mass is 9.98. The van der Waals surface area contributed by atoms with Gasteiger partial charge in [-0.3, -0.25) is 4.99 Å². The van der Waals surface area contributed by atoms with E-state index in [0.717, 1.165) is 62.3 Å². The molecular formula is C19H30IN5. The van der Waals surface area contributed by atoms with Crippen LogP contribution in [0, 0.1) is 17.8 Å². The molecular weight excluding hydrogens is 425 g/mol. The van der Waals surface area contributed by atoms with Gasteiger partial charge in [-0.2, -0.15) is 0 Å². The average molecular weight is 455 g/mol. The van der Waals surface area contributed by atoms with E-state index in [0.29, 0.717) is 0 Å². The lowest BCUT2D eigenvalue weighted by molar-refractivity contribution is 0.353. The number of pyridine rings is 1. The third-order valence-corrected chi connectivity index (χ3v) is 5.72. The van der Waals surface area contributed by atoms with Gasteiger partial charge < -0.3 is 15.1 Å². The Morgan fingerprint density at radius 2 is 1.84 bits per heavy atom. The van der Waals surface area contributed by atoms with Gasteiger partial charge in [0.1, 0.15) is 5.82 Å². The van der Waals surface area contributed by atoms with Crippen molar-refractivity contribution < 1.29 is 0 Å². The first-order valence-corrected chi connectivity index (χ1v) is 9.46. The smallest absolute Gasteiger partial charge is 0.193 e. The lowest BCUT2D eigenvalue weighted by Crippen LogP contribution is -2.53. The van der Waals surface area contributed by atoms with Crippen molar-refractivity contribution >= 4 is 35.8 Å². The Hall–Kier alpha value is -1.05. The van der Waals surface area contributed by atoms with Crippen LogP contribution in [0.3, 0.4) is 0 Å². The van der Waals surface area contributed by atoms with Crippen LogP contribution in [0.5, 0.6) is 0 Å². The largest absolute Gasteiger partial charge is 0.356 e. The molecule has 6 heteroatoms. The Balaban J connectivity index is 0.00000182. The summed E-state index contributed by atoms with van der Waals surface area (Å²) in [4.78, 5) is 13.8. The van der Waals surface area contributed by atoms with Gasteiger partial charge in [0, 0.05) is 46.0 Å². The maximum atomic E-state index is 4.54. The summed E-state index contributed by atoms with van der Waals surface area (Å²) in [6.07, 6.45) is 7.67. The fraction of sp³-hybridized carbons (Fsp3) is 0.684. The van der Waals surface area contributed by atoms with Crippen molar-refractivity contribution in [1.82, 2.24) is 15.2 Å². The van der Waals surface area contributed by atoms with E-state index < -0.39 is 0 Å². The molecule has 1 aromatic heterocycles. The second-order valence-corrected chi connectivity index (χ2v) is 7.43. The van der Waals surface area contributed by atoms with Gasteiger partial charge >= 0.3 is 0 Å². The van der Waals surface area contributed by atoms with Crippen molar-refractivity contribution in [3.8, 4) is 0 Å². The van der Waals surface area contributed by atoms with E-state index >= 15 is 0 Å². The fourth-order valence-corrected chi connectivity index (χ4v) is 4.00. The molecule has 1 aliphatic heterocycles. The first kappa shape index (κ1) is 18.7. The van der Waals surface area contributed by atoms with Gasteiger partial charge in [-0.1, -0.05) is 6.07 Å². The van der Waals surface area contributed by atoms with Crippen molar-refractivity contribution in [1.29, 1.82) is 0 Å². The summed E-state index contributed by atoms with van der Waals surface area (Å²) < 4.78 is 0. The molecule has 1 aromatic rings. The van der Waals surface area contributed by atoms with E-state index in [4.69, 9.17) is 0 Å². The molecule has 0 atom stereocenters. The highest BCUT2D eigenvalue weighted by molar-refractivity contribution is 14.0. The van der Waals surface area contributed by atoms with Crippen LogP contribution in [0.15, 0.2) is 29.4 Å². The van der Waals surface area contributed by atoms with Crippen molar-refractivity contribution in [3.63, 3.8) is 0 Å². The SMILES string of the molecule is CN=C(NCC(C1CC1)C1CC1)N1CCN(c2ccccn2)CC1.I. The van der Waals surface area contributed by atoms with Crippen LogP contribution in [0.4, 0.5) is 5.82 Å². The van der Waals surface area contributed by atoms with Gasteiger partial charge in [0.2, 0.25) is 0 Å². The van der Waals surface area contributed by atoms with Crippen LogP contribution in [0.1, 0.15) is 25.7 Å². The van der Waals surface area contributed by atoms with E-state index in [1.54, 1.807) is 0 Å². The molecule has 2 saturated carbocycles. The van der Waals surface area contributed by atoms with Gasteiger partial charge in [0.05, 0.1) is 0 Å². The molecule has 138 valence electrons. The molecule has 2 heterocycles. The van der Waals surface area contributed by atoms with Crippen molar-refractivity contribution in [2.24, 2.45) is 22.7 Å². The number of aromatic nitrogens is 1. The molecule has 0 bridgehead atoms. The quantitative estimate of drug-likeness (QED) is 0.422. The molecule has 3 fully saturated rings. The summed E-state index contributed by atoms with van der Waals surface area (Å²) >= 11 is 0. The van der Waals surface area contributed by atoms with Crippen molar-refractivity contribution in [3.05, 3.63) is 24.4 Å². The highest BCUT2D eigenvalue weighted by Crippen LogP contribution is 2.48. The number of piperazine rings is 1. The van der Waals surface area contributed by atoms with E-state index in [2.05, 4.69) is 37.2 Å². The van der Waals surface area contributed by atoms with Crippen LogP contribution in [0.2, 0.25) is 0 Å². The molecule has 5 nitrogen and oxygen atoms in total. The summed E-state index contributed by atoms with van der Waals surface area (Å²) in [5, 5.41) is 3.68. The Morgan fingerprint density at radius 1 is 1.16 bits per heavy atom. The number of rotatable bonds is 5. The zero-order valence-electron chi connectivity index (χ0n) is 15.1. The lowest BCUT2D eigenvalue weighted by Gasteiger charge is -2.37. The number of guanidine groups is 1. The number of hydrogen-bond acceptors (Lipinski definition) is 3. The molecule has 1 saturated heterocycles. The molecule has 3 aliphatic rings. The Morgan fingerprint density at radius 3 is 2.36 bits per heavy atom. The highest BCUT2D eigenvalue weighted by Gasteiger charge is 2.41. The predicted octanol–water partition coefficient (Wildman–Crippen LogP) is 2.83. The van der Waals surface area contributed by atoms with E-state index in [1.807, 2.05) is 19.3 Å². The zero-order valence-corrected chi connectivity index (χ0v) is 17.4. The van der Waals surface area contributed by atoms with Crippen molar-refractivity contribution in [2.45, 2.75) is 25.7 Å². The van der Waals surface area contributed by atoms with Crippen LogP contribution in [0.25, 0.3) is 0 Å². The molecule has 2 aliphatic carbocycles. The van der Waals surface area contributed by atoms with Gasteiger partial charge in [-0.15, -0.1) is 24.0 Å². The van der Waals surface area contributed by atoms with E-state index in [-0.39, 0.29) is 24.0 Å². The Kier molecular flexibility index (Phi) is 6.41. The summed E-state index contributed by atoms with van der Waals surface area (Å²) in [7, 11) is 1.91. The Labute approximate surface area is 168 Å². The third kappa shape index (κ3) is 4.77. The zero-order chi connectivity index (χ0) is 16.4. The minimum Gasteiger partial charge on any atom is -0.356 e. The average Bonchev–Trinajstić information content (AvgIpc) is 3.54. The van der Waals surface area contributed by atoms with E-state index in [9.17, 15) is 0 Å². The minimum absolute atomic E-state index is 0. The molecule has 0 amide bonds. The maximum Gasteiger partial charge on any atom is 0.193 e. The van der Waals surface area contributed by atoms with Gasteiger partial charge in [-0.25, -0.2) is 4.98 Å². The Bertz CT molecular complexity index is 550. The van der Waals surface area contributed by atoms with Crippen LogP contribution in [-0.2, 0) is 0 Å². The number of anilines is 1. The molecule has 25 heavy (non-hydrogen) atoms. The molecule has 0 aromatic carbocycles. The summed E-state index contributed by atoms with van der Waals surface area (Å²) in [5.41, 5.74) is 0. The topological polar surface area (TPSA) is 43.8 Å². The van der Waals surface area contributed by atoms with E-state index in [1.165, 1.54) is 25.7 Å². The molecule has 4 rings (SSSR count). The van der Waals surface area contributed by atoms with Crippen LogP contribution < -0.4 is 10.2 Å². The fourth-order valence-electron chi connectivity index (χ4n) is 4.00. The van der Waals surface area contributed by atoms with Gasteiger partial charge in [0.25, 0.3) is 0 Å². The van der Waals surface area contributed by atoms with Gasteiger partial charge in [0.15, 0.2) is 5.96 Å². The van der Waals surface area contributed by atoms with Crippen LogP contribution in [-0.4, -0.2) is 55.6 Å². The predicted molar refractivity (Wildman–Crippen MR) is 114 cm³/mol. The summed E-state index contributed by atoms with van der Waals surface area (Å²) in [6, 6.07) is 6.13. The second-order valence-electron chi connectivity index (χ2n) is 7.43.